The van der Waals surface area contributed by atoms with Crippen LogP contribution >= 0.6 is 0 Å². The molecule has 6 nitrogen and oxygen atoms in total. The van der Waals surface area contributed by atoms with Gasteiger partial charge in [-0.15, -0.1) is 0 Å². The van der Waals surface area contributed by atoms with Crippen molar-refractivity contribution in [2.24, 2.45) is 0 Å². The summed E-state index contributed by atoms with van der Waals surface area (Å²) in [5.41, 5.74) is 3.39. The van der Waals surface area contributed by atoms with Gasteiger partial charge in [0.05, 0.1) is 11.1 Å². The van der Waals surface area contributed by atoms with Crippen molar-refractivity contribution in [3.05, 3.63) is 52.6 Å². The first-order chi connectivity index (χ1) is 13.4. The molecule has 3 rings (SSSR count). The lowest BCUT2D eigenvalue weighted by atomic mass is 10.0. The average Bonchev–Trinajstić information content (AvgIpc) is 3.19. The maximum absolute atomic E-state index is 13.6. The number of rotatable bonds is 7. The number of halogens is 1. The van der Waals surface area contributed by atoms with Crippen LogP contribution in [0.25, 0.3) is 11.6 Å². The summed E-state index contributed by atoms with van der Waals surface area (Å²) in [5.74, 6) is -0.856. The van der Waals surface area contributed by atoms with Crippen LogP contribution in [0.4, 0.5) is 10.1 Å². The van der Waals surface area contributed by atoms with Gasteiger partial charge in [0.15, 0.2) is 0 Å². The molecule has 1 aliphatic rings. The molecular weight excluding hydrogens is 359 g/mol. The van der Waals surface area contributed by atoms with E-state index in [1.54, 1.807) is 18.3 Å². The Balaban J connectivity index is 1.77. The molecule has 7 heteroatoms. The summed E-state index contributed by atoms with van der Waals surface area (Å²) in [5, 5.41) is 5.65. The Morgan fingerprint density at radius 3 is 2.75 bits per heavy atom. The normalized spacial score (nSPS) is 14.5. The number of hydrogen-bond donors (Lipinski definition) is 3. The number of nitrogens with zero attached hydrogens (tertiary/aromatic N) is 1. The predicted octanol–water partition coefficient (Wildman–Crippen LogP) is 3.03. The fourth-order valence-electron chi connectivity index (χ4n) is 3.31. The highest BCUT2D eigenvalue weighted by Crippen LogP contribution is 2.34. The van der Waals surface area contributed by atoms with Gasteiger partial charge in [-0.2, -0.15) is 0 Å². The molecule has 0 radical (unpaired) electrons. The minimum atomic E-state index is -0.405. The maximum atomic E-state index is 13.6. The summed E-state index contributed by atoms with van der Waals surface area (Å²) < 4.78 is 13.6. The highest BCUT2D eigenvalue weighted by Gasteiger charge is 2.25. The van der Waals surface area contributed by atoms with Gasteiger partial charge in [-0.05, 0) is 49.9 Å². The minimum Gasteiger partial charge on any atom is -0.361 e. The molecule has 1 aromatic carbocycles. The first-order valence-electron chi connectivity index (χ1n) is 9.46. The molecule has 0 aliphatic carbocycles. The zero-order chi connectivity index (χ0) is 20.3. The van der Waals surface area contributed by atoms with Gasteiger partial charge in [-0.25, -0.2) is 4.39 Å². The van der Waals surface area contributed by atoms with E-state index in [9.17, 15) is 14.0 Å². The van der Waals surface area contributed by atoms with E-state index in [1.165, 1.54) is 12.1 Å². The smallest absolute Gasteiger partial charge is 0.256 e. The lowest BCUT2D eigenvalue weighted by Crippen LogP contribution is -2.34. The van der Waals surface area contributed by atoms with Crippen LogP contribution < -0.4 is 10.6 Å². The van der Waals surface area contributed by atoms with Crippen LogP contribution in [0, 0.1) is 12.7 Å². The molecule has 0 spiro atoms. The first-order valence-corrected chi connectivity index (χ1v) is 9.46. The molecule has 0 fully saturated rings. The molecule has 0 atom stereocenters. The average molecular weight is 384 g/mol. The number of fused-ring (bicyclic) bond motifs is 1. The van der Waals surface area contributed by atoms with Crippen LogP contribution in [0.5, 0.6) is 0 Å². The number of nitrogens with one attached hydrogen (secondary N) is 3. The molecule has 148 valence electrons. The summed E-state index contributed by atoms with van der Waals surface area (Å²) in [6, 6.07) is 4.18. The number of amides is 2. The van der Waals surface area contributed by atoms with Gasteiger partial charge in [-0.1, -0.05) is 13.8 Å². The number of anilines is 1. The Kier molecular flexibility index (Phi) is 5.94. The standard InChI is InChI=1S/C21H25FN4O2/c1-4-26(5-2)9-8-23-20(27)17-12-24-19(13(17)3)11-16-15-10-14(22)6-7-18(15)25-21(16)28/h6-7,10-12,24H,4-5,8-9H2,1-3H3,(H,23,27)(H,25,28). The maximum Gasteiger partial charge on any atom is 0.256 e. The molecule has 2 amide bonds. The van der Waals surface area contributed by atoms with Crippen molar-refractivity contribution < 1.29 is 14.0 Å². The van der Waals surface area contributed by atoms with Crippen molar-refractivity contribution in [3.63, 3.8) is 0 Å². The SMILES string of the molecule is CCN(CC)CCNC(=O)c1c[nH]c(C=C2C(=O)Nc3ccc(F)cc32)c1C. The molecule has 28 heavy (non-hydrogen) atoms. The summed E-state index contributed by atoms with van der Waals surface area (Å²) >= 11 is 0. The fraction of sp³-hybridized carbons (Fsp3) is 0.333. The number of carbonyl (C=O) groups is 2. The van der Waals surface area contributed by atoms with Crippen LogP contribution in [0.2, 0.25) is 0 Å². The van der Waals surface area contributed by atoms with Crippen LogP contribution in [0.3, 0.4) is 0 Å². The van der Waals surface area contributed by atoms with Crippen molar-refractivity contribution in [2.75, 3.05) is 31.5 Å². The molecule has 0 bridgehead atoms. The highest BCUT2D eigenvalue weighted by molar-refractivity contribution is 6.34. The van der Waals surface area contributed by atoms with Gasteiger partial charge < -0.3 is 20.5 Å². The van der Waals surface area contributed by atoms with Crippen LogP contribution in [-0.2, 0) is 4.79 Å². The number of hydrogen-bond acceptors (Lipinski definition) is 3. The van der Waals surface area contributed by atoms with Crippen LogP contribution in [0.15, 0.2) is 24.4 Å². The Morgan fingerprint density at radius 2 is 2.04 bits per heavy atom. The summed E-state index contributed by atoms with van der Waals surface area (Å²) in [6.07, 6.45) is 3.29. The van der Waals surface area contributed by atoms with E-state index in [0.29, 0.717) is 34.6 Å². The zero-order valence-electron chi connectivity index (χ0n) is 16.4. The summed E-state index contributed by atoms with van der Waals surface area (Å²) in [4.78, 5) is 30.0. The Hall–Kier alpha value is -2.93. The number of aromatic amines is 1. The largest absolute Gasteiger partial charge is 0.361 e. The Labute approximate surface area is 163 Å². The van der Waals surface area contributed by atoms with E-state index in [0.717, 1.165) is 25.2 Å². The molecule has 0 saturated carbocycles. The van der Waals surface area contributed by atoms with Gasteiger partial charge in [-0.3, -0.25) is 9.59 Å². The number of aromatic nitrogens is 1. The van der Waals surface area contributed by atoms with E-state index in [1.807, 2.05) is 6.92 Å². The number of likely N-dealkylation sites (N-methyl/N-ethyl adjacent to an activating group) is 1. The topological polar surface area (TPSA) is 77.2 Å². The second-order valence-electron chi connectivity index (χ2n) is 6.73. The van der Waals surface area contributed by atoms with Gasteiger partial charge >= 0.3 is 0 Å². The third-order valence-electron chi connectivity index (χ3n) is 5.09. The van der Waals surface area contributed by atoms with E-state index in [4.69, 9.17) is 0 Å². The molecule has 0 unspecified atom stereocenters. The van der Waals surface area contributed by atoms with Gasteiger partial charge in [0.1, 0.15) is 5.82 Å². The molecule has 2 aromatic rings. The van der Waals surface area contributed by atoms with Gasteiger partial charge in [0, 0.05) is 36.2 Å². The quantitative estimate of drug-likeness (QED) is 0.642. The van der Waals surface area contributed by atoms with Crippen molar-refractivity contribution >= 4 is 29.2 Å². The lowest BCUT2D eigenvalue weighted by Gasteiger charge is -2.17. The molecular formula is C21H25FN4O2. The Morgan fingerprint density at radius 1 is 1.29 bits per heavy atom. The molecule has 1 aromatic heterocycles. The first kappa shape index (κ1) is 19.8. The van der Waals surface area contributed by atoms with E-state index >= 15 is 0 Å². The van der Waals surface area contributed by atoms with Crippen LogP contribution in [-0.4, -0.2) is 47.9 Å². The highest BCUT2D eigenvalue weighted by atomic mass is 19.1. The molecule has 3 N–H and O–H groups in total. The van der Waals surface area contributed by atoms with Crippen LogP contribution in [0.1, 0.15) is 41.0 Å². The summed E-state index contributed by atoms with van der Waals surface area (Å²) in [6.45, 7) is 9.24. The van der Waals surface area contributed by atoms with E-state index < -0.39 is 5.82 Å². The Bertz CT molecular complexity index is 928. The summed E-state index contributed by atoms with van der Waals surface area (Å²) in [7, 11) is 0. The molecule has 0 saturated heterocycles. The second kappa shape index (κ2) is 8.39. The third-order valence-corrected chi connectivity index (χ3v) is 5.09. The van der Waals surface area contributed by atoms with Crippen molar-refractivity contribution in [2.45, 2.75) is 20.8 Å². The van der Waals surface area contributed by atoms with Crippen molar-refractivity contribution in [3.8, 4) is 0 Å². The minimum absolute atomic E-state index is 0.159. The lowest BCUT2D eigenvalue weighted by molar-refractivity contribution is -0.110. The molecule has 2 heterocycles. The number of carbonyl (C=O) groups excluding carboxylic acids is 2. The van der Waals surface area contributed by atoms with E-state index in [2.05, 4.69) is 34.4 Å². The van der Waals surface area contributed by atoms with E-state index in [-0.39, 0.29) is 11.8 Å². The van der Waals surface area contributed by atoms with Gasteiger partial charge in [0.25, 0.3) is 11.8 Å². The zero-order valence-corrected chi connectivity index (χ0v) is 16.4. The van der Waals surface area contributed by atoms with Crippen molar-refractivity contribution in [1.29, 1.82) is 0 Å². The second-order valence-corrected chi connectivity index (χ2v) is 6.73. The number of H-pyrrole nitrogens is 1. The predicted molar refractivity (Wildman–Crippen MR) is 109 cm³/mol. The van der Waals surface area contributed by atoms with Crippen molar-refractivity contribution in [1.82, 2.24) is 15.2 Å². The molecule has 1 aliphatic heterocycles. The number of benzene rings is 1. The monoisotopic (exact) mass is 384 g/mol. The third kappa shape index (κ3) is 3.99. The fourth-order valence-corrected chi connectivity index (χ4v) is 3.31. The van der Waals surface area contributed by atoms with Gasteiger partial charge in [0.2, 0.25) is 0 Å².